The lowest BCUT2D eigenvalue weighted by atomic mass is 10.0. The Balaban J connectivity index is 1.24. The Morgan fingerprint density at radius 3 is 1.68 bits per heavy atom. The van der Waals surface area contributed by atoms with Crippen LogP contribution in [-0.4, -0.2) is 11.6 Å². The summed E-state index contributed by atoms with van der Waals surface area (Å²) in [6, 6.07) is 32.0. The number of nitrogens with two attached hydrogens (primary N) is 1. The van der Waals surface area contributed by atoms with Crippen molar-refractivity contribution in [2.75, 3.05) is 0 Å². The second-order valence-electron chi connectivity index (χ2n) is 11.3. The van der Waals surface area contributed by atoms with E-state index >= 15 is 0 Å². The first-order valence-electron chi connectivity index (χ1n) is 15.2. The molecule has 0 heterocycles. The Morgan fingerprint density at radius 1 is 0.638 bits per heavy atom. The molecule has 1 atom stereocenters. The summed E-state index contributed by atoms with van der Waals surface area (Å²) in [6.45, 7) is 2.35. The molecule has 0 fully saturated rings. The van der Waals surface area contributed by atoms with Crippen LogP contribution in [0.15, 0.2) is 115 Å². The van der Waals surface area contributed by atoms with Gasteiger partial charge in [0, 0.05) is 30.6 Å². The summed E-state index contributed by atoms with van der Waals surface area (Å²) in [4.78, 5) is 12.6. The Hall–Kier alpha value is -5.12. The highest BCUT2D eigenvalue weighted by Gasteiger charge is 2.30. The van der Waals surface area contributed by atoms with Gasteiger partial charge >= 0.3 is 0 Å². The number of amides is 1. The van der Waals surface area contributed by atoms with Gasteiger partial charge in [-0.3, -0.25) is 15.4 Å². The van der Waals surface area contributed by atoms with Gasteiger partial charge in [-0.2, -0.15) is 0 Å². The van der Waals surface area contributed by atoms with Gasteiger partial charge in [0.2, 0.25) is 0 Å². The van der Waals surface area contributed by atoms with Crippen molar-refractivity contribution < 1.29 is 27.4 Å². The van der Waals surface area contributed by atoms with Crippen molar-refractivity contribution in [1.29, 1.82) is 0 Å². The summed E-state index contributed by atoms with van der Waals surface area (Å²) in [7, 11) is 0. The van der Waals surface area contributed by atoms with Gasteiger partial charge in [-0.05, 0) is 65.6 Å². The monoisotopic (exact) mass is 639 g/mol. The summed E-state index contributed by atoms with van der Waals surface area (Å²) < 4.78 is 54.4. The van der Waals surface area contributed by atoms with Crippen molar-refractivity contribution in [1.82, 2.24) is 10.6 Å². The second kappa shape index (κ2) is 15.4. The van der Waals surface area contributed by atoms with Crippen molar-refractivity contribution in [3.05, 3.63) is 166 Å². The van der Waals surface area contributed by atoms with Gasteiger partial charge < -0.3 is 15.2 Å². The highest BCUT2D eigenvalue weighted by atomic mass is 19.1. The average molecular weight is 640 g/mol. The molecule has 0 saturated carbocycles. The van der Waals surface area contributed by atoms with Crippen LogP contribution in [-0.2, 0) is 37.5 Å². The summed E-state index contributed by atoms with van der Waals surface area (Å²) >= 11 is 0. The number of benzene rings is 5. The molecule has 0 bridgehead atoms. The molecule has 1 amide bonds. The minimum atomic E-state index is -1.27. The minimum absolute atomic E-state index is 0.0108. The van der Waals surface area contributed by atoms with Crippen LogP contribution in [0.2, 0.25) is 0 Å². The molecule has 5 rings (SSSR count). The molecule has 242 valence electrons. The van der Waals surface area contributed by atoms with E-state index in [0.29, 0.717) is 40.3 Å². The molecule has 0 aromatic heterocycles. The van der Waals surface area contributed by atoms with Crippen LogP contribution in [0.25, 0.3) is 0 Å². The smallest absolute Gasteiger partial charge is 0.252 e. The number of carbonyl (C=O) groups excluding carboxylic acids is 1. The van der Waals surface area contributed by atoms with Crippen LogP contribution in [0.1, 0.15) is 40.3 Å². The van der Waals surface area contributed by atoms with Gasteiger partial charge in [0.1, 0.15) is 47.8 Å². The Bertz CT molecular complexity index is 1820. The SMILES string of the molecule is CC(NCc1ccc(OCc2ccccc2F)cc1)(NCc1ccc(OCc2ccccc2F)c(Cc2ccccc2F)c1)C(N)=O. The van der Waals surface area contributed by atoms with Crippen molar-refractivity contribution in [3.63, 3.8) is 0 Å². The largest absolute Gasteiger partial charge is 0.489 e. The third kappa shape index (κ3) is 9.00. The Labute approximate surface area is 272 Å². The molecule has 0 aliphatic heterocycles. The number of rotatable bonds is 15. The number of primary amides is 1. The molecule has 5 aromatic carbocycles. The topological polar surface area (TPSA) is 85.6 Å². The van der Waals surface area contributed by atoms with E-state index in [2.05, 4.69) is 10.6 Å². The number of hydrogen-bond donors (Lipinski definition) is 3. The predicted octanol–water partition coefficient (Wildman–Crippen LogP) is 6.93. The first-order chi connectivity index (χ1) is 22.7. The fraction of sp³-hybridized carbons (Fsp3) is 0.184. The zero-order valence-corrected chi connectivity index (χ0v) is 25.9. The Morgan fingerprint density at radius 2 is 1.13 bits per heavy atom. The van der Waals surface area contributed by atoms with E-state index in [9.17, 15) is 18.0 Å². The standard InChI is InChI=1S/C38H36F3N3O3/c1-38(37(42)45,43-22-26-14-17-32(18-15-26)46-24-29-9-3-6-12-34(29)40)44-23-27-16-19-36(47-25-30-10-4-7-13-35(30)41)31(20-27)21-28-8-2-5-11-33(28)39/h2-20,43-44H,21-25H2,1H3,(H2,42,45). The molecule has 5 aromatic rings. The number of hydrogen-bond acceptors (Lipinski definition) is 5. The molecule has 6 nitrogen and oxygen atoms in total. The van der Waals surface area contributed by atoms with Gasteiger partial charge in [-0.1, -0.05) is 78.9 Å². The van der Waals surface area contributed by atoms with E-state index < -0.39 is 11.6 Å². The lowest BCUT2D eigenvalue weighted by Crippen LogP contribution is -2.62. The number of ether oxygens (including phenoxy) is 2. The zero-order valence-electron chi connectivity index (χ0n) is 25.9. The highest BCUT2D eigenvalue weighted by molar-refractivity contribution is 5.83. The molecule has 1 unspecified atom stereocenters. The average Bonchev–Trinajstić information content (AvgIpc) is 3.07. The third-order valence-corrected chi connectivity index (χ3v) is 7.87. The van der Waals surface area contributed by atoms with Crippen LogP contribution < -0.4 is 25.8 Å². The summed E-state index contributed by atoms with van der Waals surface area (Å²) in [5, 5.41) is 6.41. The maximum Gasteiger partial charge on any atom is 0.252 e. The number of nitrogens with one attached hydrogen (secondary N) is 2. The number of halogens is 3. The molecule has 0 aliphatic rings. The summed E-state index contributed by atoms with van der Waals surface area (Å²) in [5.41, 5.74) is 8.27. The molecule has 9 heteroatoms. The van der Waals surface area contributed by atoms with E-state index in [0.717, 1.165) is 11.1 Å². The van der Waals surface area contributed by atoms with Crippen LogP contribution in [0.3, 0.4) is 0 Å². The van der Waals surface area contributed by atoms with Gasteiger partial charge in [0.25, 0.3) is 5.91 Å². The maximum atomic E-state index is 14.6. The fourth-order valence-electron chi connectivity index (χ4n) is 4.91. The van der Waals surface area contributed by atoms with Crippen molar-refractivity contribution in [2.45, 2.75) is 45.3 Å². The second-order valence-corrected chi connectivity index (χ2v) is 11.3. The lowest BCUT2D eigenvalue weighted by molar-refractivity contribution is -0.125. The molecule has 0 radical (unpaired) electrons. The third-order valence-electron chi connectivity index (χ3n) is 7.87. The first-order valence-corrected chi connectivity index (χ1v) is 15.2. The molecule has 0 aliphatic carbocycles. The zero-order chi connectivity index (χ0) is 33.2. The Kier molecular flexibility index (Phi) is 10.9. The van der Waals surface area contributed by atoms with Crippen LogP contribution in [0, 0.1) is 17.5 Å². The molecule has 4 N–H and O–H groups in total. The van der Waals surface area contributed by atoms with Gasteiger partial charge in [0.15, 0.2) is 0 Å². The van der Waals surface area contributed by atoms with E-state index in [1.54, 1.807) is 79.7 Å². The first kappa shape index (κ1) is 33.2. The fourth-order valence-corrected chi connectivity index (χ4v) is 4.91. The van der Waals surface area contributed by atoms with E-state index in [-0.39, 0.29) is 43.6 Å². The number of carbonyl (C=O) groups is 1. The van der Waals surface area contributed by atoms with Crippen LogP contribution >= 0.6 is 0 Å². The van der Waals surface area contributed by atoms with Gasteiger partial charge in [-0.25, -0.2) is 13.2 Å². The van der Waals surface area contributed by atoms with Crippen LogP contribution in [0.5, 0.6) is 11.5 Å². The van der Waals surface area contributed by atoms with Crippen molar-refractivity contribution in [3.8, 4) is 11.5 Å². The van der Waals surface area contributed by atoms with Crippen LogP contribution in [0.4, 0.5) is 13.2 Å². The summed E-state index contributed by atoms with van der Waals surface area (Å²) in [6.07, 6.45) is 0.248. The molecular weight excluding hydrogens is 603 g/mol. The highest BCUT2D eigenvalue weighted by Crippen LogP contribution is 2.26. The lowest BCUT2D eigenvalue weighted by Gasteiger charge is -2.29. The predicted molar refractivity (Wildman–Crippen MR) is 175 cm³/mol. The molecule has 47 heavy (non-hydrogen) atoms. The molecule has 0 saturated heterocycles. The van der Waals surface area contributed by atoms with E-state index in [1.807, 2.05) is 24.3 Å². The van der Waals surface area contributed by atoms with Gasteiger partial charge in [-0.15, -0.1) is 0 Å². The van der Waals surface area contributed by atoms with Gasteiger partial charge in [0.05, 0.1) is 0 Å². The minimum Gasteiger partial charge on any atom is -0.489 e. The quantitative estimate of drug-likeness (QED) is 0.108. The molecular formula is C38H36F3N3O3. The maximum absolute atomic E-state index is 14.6. The normalized spacial score (nSPS) is 12.3. The molecule has 0 spiro atoms. The summed E-state index contributed by atoms with van der Waals surface area (Å²) in [5.74, 6) is -0.550. The van der Waals surface area contributed by atoms with E-state index in [4.69, 9.17) is 15.2 Å². The van der Waals surface area contributed by atoms with Crippen molar-refractivity contribution >= 4 is 5.91 Å². The van der Waals surface area contributed by atoms with Crippen molar-refractivity contribution in [2.24, 2.45) is 5.73 Å². The van der Waals surface area contributed by atoms with E-state index in [1.165, 1.54) is 18.2 Å².